The van der Waals surface area contributed by atoms with Crippen molar-refractivity contribution in [1.29, 1.82) is 0 Å². The zero-order valence-corrected chi connectivity index (χ0v) is 11.4. The van der Waals surface area contributed by atoms with Gasteiger partial charge in [-0.2, -0.15) is 0 Å². The molecule has 0 aliphatic heterocycles. The van der Waals surface area contributed by atoms with Gasteiger partial charge in [-0.25, -0.2) is 4.39 Å². The van der Waals surface area contributed by atoms with E-state index < -0.39 is 5.82 Å². The number of allylic oxidation sites excluding steroid dienone is 2. The van der Waals surface area contributed by atoms with Crippen LogP contribution in [0.3, 0.4) is 0 Å². The Morgan fingerprint density at radius 1 is 1.39 bits per heavy atom. The molecule has 0 amide bonds. The summed E-state index contributed by atoms with van der Waals surface area (Å²) in [6.07, 6.45) is 3.44. The molecule has 0 heterocycles. The van der Waals surface area contributed by atoms with Crippen LogP contribution in [0.15, 0.2) is 23.8 Å². The van der Waals surface area contributed by atoms with Gasteiger partial charge in [-0.15, -0.1) is 0 Å². The summed E-state index contributed by atoms with van der Waals surface area (Å²) in [6.45, 7) is 4.34. The lowest BCUT2D eigenvalue weighted by Gasteiger charge is -2.32. The van der Waals surface area contributed by atoms with Crippen molar-refractivity contribution in [3.63, 3.8) is 0 Å². The monoisotopic (exact) mass is 266 g/mol. The maximum atomic E-state index is 13.5. The summed E-state index contributed by atoms with van der Waals surface area (Å²) < 4.78 is 13.5. The van der Waals surface area contributed by atoms with Crippen LogP contribution in [0.2, 0.25) is 5.02 Å². The van der Waals surface area contributed by atoms with Crippen LogP contribution in [0.1, 0.15) is 38.7 Å². The molecule has 0 bridgehead atoms. The third-order valence-electron chi connectivity index (χ3n) is 3.52. The number of aldehydes is 1. The number of hydrogen-bond acceptors (Lipinski definition) is 1. The fraction of sp³-hybridized carbons (Fsp3) is 0.400. The summed E-state index contributed by atoms with van der Waals surface area (Å²) in [5, 5.41) is 0.113. The highest BCUT2D eigenvalue weighted by Crippen LogP contribution is 2.42. The van der Waals surface area contributed by atoms with Gasteiger partial charge in [0.1, 0.15) is 12.1 Å². The molecule has 1 nitrogen and oxygen atoms in total. The molecule has 18 heavy (non-hydrogen) atoms. The van der Waals surface area contributed by atoms with E-state index in [1.54, 1.807) is 12.1 Å². The molecule has 0 radical (unpaired) electrons. The van der Waals surface area contributed by atoms with Gasteiger partial charge in [0.25, 0.3) is 0 Å². The smallest absolute Gasteiger partial charge is 0.146 e. The topological polar surface area (TPSA) is 17.1 Å². The lowest BCUT2D eigenvalue weighted by Crippen LogP contribution is -2.18. The van der Waals surface area contributed by atoms with Crippen LogP contribution in [0.4, 0.5) is 4.39 Å². The Bertz CT molecular complexity index is 517. The summed E-state index contributed by atoms with van der Waals surface area (Å²) in [5.41, 5.74) is 2.66. The van der Waals surface area contributed by atoms with E-state index in [0.29, 0.717) is 0 Å². The number of halogens is 2. The van der Waals surface area contributed by atoms with E-state index in [9.17, 15) is 9.18 Å². The van der Waals surface area contributed by atoms with Gasteiger partial charge in [0.2, 0.25) is 0 Å². The van der Waals surface area contributed by atoms with Crippen molar-refractivity contribution in [2.75, 3.05) is 0 Å². The second-order valence-electron chi connectivity index (χ2n) is 5.59. The zero-order valence-electron chi connectivity index (χ0n) is 10.6. The highest BCUT2D eigenvalue weighted by molar-refractivity contribution is 6.30. The first-order chi connectivity index (χ1) is 8.43. The van der Waals surface area contributed by atoms with E-state index in [1.807, 2.05) is 0 Å². The second-order valence-corrected chi connectivity index (χ2v) is 6.00. The Morgan fingerprint density at radius 2 is 2.11 bits per heavy atom. The highest BCUT2D eigenvalue weighted by atomic mass is 35.5. The zero-order chi connectivity index (χ0) is 13.3. The summed E-state index contributed by atoms with van der Waals surface area (Å²) in [4.78, 5) is 11.1. The standard InChI is InChI=1S/C15H16ClFO/c1-15(2)6-5-11(9-18)12(8-15)10-3-4-13(16)14(17)7-10/h3-4,7,9H,5-6,8H2,1-2H3. The van der Waals surface area contributed by atoms with E-state index in [0.717, 1.165) is 42.3 Å². The van der Waals surface area contributed by atoms with Crippen molar-refractivity contribution < 1.29 is 9.18 Å². The summed E-state index contributed by atoms with van der Waals surface area (Å²) in [6, 6.07) is 4.75. The quantitative estimate of drug-likeness (QED) is 0.713. The fourth-order valence-corrected chi connectivity index (χ4v) is 2.52. The molecule has 1 aromatic carbocycles. The van der Waals surface area contributed by atoms with Crippen molar-refractivity contribution >= 4 is 23.5 Å². The minimum absolute atomic E-state index is 0.113. The molecule has 0 saturated heterocycles. The second kappa shape index (κ2) is 4.85. The van der Waals surface area contributed by atoms with Crippen LogP contribution in [-0.2, 0) is 4.79 Å². The van der Waals surface area contributed by atoms with Crippen LogP contribution in [0.25, 0.3) is 5.57 Å². The van der Waals surface area contributed by atoms with E-state index in [-0.39, 0.29) is 10.4 Å². The number of carbonyl (C=O) groups excluding carboxylic acids is 1. The molecule has 96 valence electrons. The Hall–Kier alpha value is -1.15. The molecule has 0 fully saturated rings. The van der Waals surface area contributed by atoms with E-state index in [2.05, 4.69) is 13.8 Å². The normalized spacial score (nSPS) is 18.9. The molecule has 1 aliphatic carbocycles. The van der Waals surface area contributed by atoms with Gasteiger partial charge in [0, 0.05) is 0 Å². The van der Waals surface area contributed by atoms with Crippen molar-refractivity contribution in [3.05, 3.63) is 40.2 Å². The molecule has 1 aromatic rings. The predicted molar refractivity (Wildman–Crippen MR) is 72.0 cm³/mol. The minimum Gasteiger partial charge on any atom is -0.298 e. The molecule has 0 saturated carbocycles. The Balaban J connectivity index is 2.48. The minimum atomic E-state index is -0.435. The number of benzene rings is 1. The van der Waals surface area contributed by atoms with E-state index in [1.165, 1.54) is 6.07 Å². The summed E-state index contributed by atoms with van der Waals surface area (Å²) in [7, 11) is 0. The molecule has 0 N–H and O–H groups in total. The van der Waals surface area contributed by atoms with Crippen LogP contribution < -0.4 is 0 Å². The first-order valence-electron chi connectivity index (χ1n) is 6.05. The molecule has 2 rings (SSSR count). The van der Waals surface area contributed by atoms with Crippen molar-refractivity contribution in [1.82, 2.24) is 0 Å². The van der Waals surface area contributed by atoms with Crippen molar-refractivity contribution in [2.24, 2.45) is 5.41 Å². The van der Waals surface area contributed by atoms with E-state index >= 15 is 0 Å². The van der Waals surface area contributed by atoms with Crippen LogP contribution in [0, 0.1) is 11.2 Å². The third-order valence-corrected chi connectivity index (χ3v) is 3.83. The SMILES string of the molecule is CC1(C)CCC(C=O)=C(c2ccc(Cl)c(F)c2)C1. The molecule has 1 aliphatic rings. The van der Waals surface area contributed by atoms with Crippen molar-refractivity contribution in [2.45, 2.75) is 33.1 Å². The molecule has 0 spiro atoms. The molecular formula is C15H16ClFO. The lowest BCUT2D eigenvalue weighted by molar-refractivity contribution is -0.105. The predicted octanol–water partition coefficient (Wildman–Crippen LogP) is 4.64. The first kappa shape index (κ1) is 13.3. The molecule has 0 aromatic heterocycles. The summed E-state index contributed by atoms with van der Waals surface area (Å²) >= 11 is 5.69. The highest BCUT2D eigenvalue weighted by Gasteiger charge is 2.27. The average Bonchev–Trinajstić information content (AvgIpc) is 2.32. The molecular weight excluding hydrogens is 251 g/mol. The largest absolute Gasteiger partial charge is 0.298 e. The number of rotatable bonds is 2. The van der Waals surface area contributed by atoms with E-state index in [4.69, 9.17) is 11.6 Å². The van der Waals surface area contributed by atoms with Crippen LogP contribution in [-0.4, -0.2) is 6.29 Å². The first-order valence-corrected chi connectivity index (χ1v) is 6.43. The Kier molecular flexibility index (Phi) is 3.58. The molecule has 0 unspecified atom stereocenters. The Morgan fingerprint density at radius 3 is 2.72 bits per heavy atom. The van der Waals surface area contributed by atoms with Gasteiger partial charge in [-0.1, -0.05) is 31.5 Å². The molecule has 0 atom stereocenters. The molecule has 3 heteroatoms. The van der Waals surface area contributed by atoms with Gasteiger partial charge >= 0.3 is 0 Å². The van der Waals surface area contributed by atoms with Gasteiger partial charge in [0.05, 0.1) is 5.02 Å². The maximum Gasteiger partial charge on any atom is 0.146 e. The maximum absolute atomic E-state index is 13.5. The number of hydrogen-bond donors (Lipinski definition) is 0. The number of carbonyl (C=O) groups is 1. The van der Waals surface area contributed by atoms with Crippen molar-refractivity contribution in [3.8, 4) is 0 Å². The van der Waals surface area contributed by atoms with Crippen LogP contribution >= 0.6 is 11.6 Å². The van der Waals surface area contributed by atoms with Crippen LogP contribution in [0.5, 0.6) is 0 Å². The van der Waals surface area contributed by atoms with Gasteiger partial charge in [0.15, 0.2) is 0 Å². The fourth-order valence-electron chi connectivity index (χ4n) is 2.41. The Labute approximate surface area is 112 Å². The summed E-state index contributed by atoms with van der Waals surface area (Å²) in [5.74, 6) is -0.435. The third kappa shape index (κ3) is 2.64. The average molecular weight is 267 g/mol. The van der Waals surface area contributed by atoms with Gasteiger partial charge < -0.3 is 0 Å². The lowest BCUT2D eigenvalue weighted by atomic mass is 9.73. The van der Waals surface area contributed by atoms with Gasteiger partial charge in [-0.05, 0) is 53.5 Å². The van der Waals surface area contributed by atoms with Gasteiger partial charge in [-0.3, -0.25) is 4.79 Å².